The molecule has 0 aromatic heterocycles. The van der Waals surface area contributed by atoms with Gasteiger partial charge in [-0.05, 0) is 35.1 Å². The summed E-state index contributed by atoms with van der Waals surface area (Å²) in [6.07, 6.45) is 0. The van der Waals surface area contributed by atoms with Crippen LogP contribution in [0.3, 0.4) is 0 Å². The van der Waals surface area contributed by atoms with E-state index in [1.165, 1.54) is 13.2 Å². The van der Waals surface area contributed by atoms with Crippen molar-refractivity contribution in [2.45, 2.75) is 4.90 Å². The van der Waals surface area contributed by atoms with Crippen molar-refractivity contribution in [2.75, 3.05) is 53.4 Å². The largest absolute Gasteiger partial charge is 0.494 e. The zero-order valence-corrected chi connectivity index (χ0v) is 16.3. The van der Waals surface area contributed by atoms with Crippen LogP contribution in [-0.4, -0.2) is 71.6 Å². The second kappa shape index (κ2) is 8.13. The molecule has 1 saturated heterocycles. The van der Waals surface area contributed by atoms with Crippen molar-refractivity contribution in [1.29, 1.82) is 0 Å². The van der Waals surface area contributed by atoms with Crippen LogP contribution in [0.5, 0.6) is 5.75 Å². The number of piperazine rings is 1. The van der Waals surface area contributed by atoms with Crippen molar-refractivity contribution in [3.63, 3.8) is 0 Å². The normalized spacial score (nSPS) is 17.4. The van der Waals surface area contributed by atoms with Crippen molar-refractivity contribution in [3.8, 4) is 5.75 Å². The molecule has 2 rings (SSSR count). The first kappa shape index (κ1) is 19.0. The van der Waals surface area contributed by atoms with Crippen LogP contribution in [0.2, 0.25) is 5.02 Å². The molecule has 1 fully saturated rings. The summed E-state index contributed by atoms with van der Waals surface area (Å²) in [5.41, 5.74) is 0. The smallest absolute Gasteiger partial charge is 0.244 e. The Morgan fingerprint density at radius 1 is 1.30 bits per heavy atom. The second-order valence-corrected chi connectivity index (χ2v) is 8.49. The molecular formula is C14H21BrClN3O3S. The molecule has 1 aromatic carbocycles. The molecule has 0 amide bonds. The third-order valence-electron chi connectivity index (χ3n) is 3.78. The number of methoxy groups -OCH3 is 1. The molecule has 1 aromatic rings. The van der Waals surface area contributed by atoms with E-state index in [2.05, 4.69) is 37.5 Å². The van der Waals surface area contributed by atoms with Crippen LogP contribution in [0.1, 0.15) is 0 Å². The fourth-order valence-electron chi connectivity index (χ4n) is 2.42. The highest BCUT2D eigenvalue weighted by Crippen LogP contribution is 2.35. The zero-order valence-electron chi connectivity index (χ0n) is 13.2. The number of rotatable bonds is 6. The van der Waals surface area contributed by atoms with Gasteiger partial charge in [0, 0.05) is 44.3 Å². The Kier molecular flexibility index (Phi) is 6.70. The molecule has 1 heterocycles. The standard InChI is InChI=1S/C14H21BrClN3O3S/c1-18-5-7-19(8-6-18)4-3-17-23(20,21)13-10-11(16)9-12(15)14(13)22-2/h9-10,17H,3-8H2,1-2H3. The third-order valence-corrected chi connectivity index (χ3v) is 6.06. The Bertz CT molecular complexity index is 649. The lowest BCUT2D eigenvalue weighted by Gasteiger charge is -2.32. The van der Waals surface area contributed by atoms with Crippen LogP contribution in [0.4, 0.5) is 0 Å². The maximum absolute atomic E-state index is 12.5. The molecule has 0 bridgehead atoms. The van der Waals surface area contributed by atoms with Crippen LogP contribution in [0.15, 0.2) is 21.5 Å². The molecule has 0 unspecified atom stereocenters. The first-order valence-electron chi connectivity index (χ1n) is 7.27. The molecular weight excluding hydrogens is 406 g/mol. The summed E-state index contributed by atoms with van der Waals surface area (Å²) in [5, 5.41) is 0.331. The topological polar surface area (TPSA) is 61.9 Å². The molecule has 0 saturated carbocycles. The average Bonchev–Trinajstić information content (AvgIpc) is 2.48. The van der Waals surface area contributed by atoms with Gasteiger partial charge in [-0.3, -0.25) is 4.90 Å². The molecule has 1 aliphatic heterocycles. The Morgan fingerprint density at radius 3 is 2.57 bits per heavy atom. The fourth-order valence-corrected chi connectivity index (χ4v) is 4.82. The van der Waals surface area contributed by atoms with E-state index in [0.717, 1.165) is 26.2 Å². The number of halogens is 2. The zero-order chi connectivity index (χ0) is 17.0. The van der Waals surface area contributed by atoms with E-state index in [1.807, 2.05) is 0 Å². The maximum atomic E-state index is 12.5. The summed E-state index contributed by atoms with van der Waals surface area (Å²) >= 11 is 9.24. The SMILES string of the molecule is COc1c(Br)cc(Cl)cc1S(=O)(=O)NCCN1CCN(C)CC1. The minimum absolute atomic E-state index is 0.0396. The predicted octanol–water partition coefficient (Wildman–Crippen LogP) is 1.64. The average molecular weight is 427 g/mol. The molecule has 130 valence electrons. The van der Waals surface area contributed by atoms with Gasteiger partial charge in [0.15, 0.2) is 5.75 Å². The van der Waals surface area contributed by atoms with Crippen molar-refractivity contribution in [1.82, 2.24) is 14.5 Å². The number of nitrogens with one attached hydrogen (secondary N) is 1. The molecule has 1 aliphatic rings. The lowest BCUT2D eigenvalue weighted by molar-refractivity contribution is 0.156. The van der Waals surface area contributed by atoms with E-state index < -0.39 is 10.0 Å². The highest BCUT2D eigenvalue weighted by Gasteiger charge is 2.23. The van der Waals surface area contributed by atoms with Gasteiger partial charge in [0.25, 0.3) is 0 Å². The quantitative estimate of drug-likeness (QED) is 0.749. The maximum Gasteiger partial charge on any atom is 0.244 e. The molecule has 0 aliphatic carbocycles. The number of nitrogens with zero attached hydrogens (tertiary/aromatic N) is 2. The number of ether oxygens (including phenoxy) is 1. The molecule has 6 nitrogen and oxygen atoms in total. The molecule has 0 radical (unpaired) electrons. The lowest BCUT2D eigenvalue weighted by Crippen LogP contribution is -2.46. The summed E-state index contributed by atoms with van der Waals surface area (Å²) in [7, 11) is -0.172. The van der Waals surface area contributed by atoms with Crippen molar-refractivity contribution in [3.05, 3.63) is 21.6 Å². The van der Waals surface area contributed by atoms with E-state index in [-0.39, 0.29) is 10.6 Å². The summed E-state index contributed by atoms with van der Waals surface area (Å²) in [5.74, 6) is 0.251. The van der Waals surface area contributed by atoms with Gasteiger partial charge in [-0.15, -0.1) is 0 Å². The summed E-state index contributed by atoms with van der Waals surface area (Å²) < 4.78 is 33.3. The number of hydrogen-bond donors (Lipinski definition) is 1. The van der Waals surface area contributed by atoms with E-state index in [0.29, 0.717) is 22.6 Å². The monoisotopic (exact) mass is 425 g/mol. The van der Waals surface area contributed by atoms with Gasteiger partial charge in [-0.1, -0.05) is 11.6 Å². The van der Waals surface area contributed by atoms with E-state index in [9.17, 15) is 8.42 Å². The Morgan fingerprint density at radius 2 is 1.96 bits per heavy atom. The van der Waals surface area contributed by atoms with Crippen LogP contribution in [0, 0.1) is 0 Å². The Labute approximate surface area is 150 Å². The molecule has 0 atom stereocenters. The number of sulfonamides is 1. The number of hydrogen-bond acceptors (Lipinski definition) is 5. The van der Waals surface area contributed by atoms with E-state index in [1.54, 1.807) is 6.07 Å². The Balaban J connectivity index is 2.02. The second-order valence-electron chi connectivity index (χ2n) is 5.46. The van der Waals surface area contributed by atoms with Gasteiger partial charge < -0.3 is 9.64 Å². The van der Waals surface area contributed by atoms with Crippen molar-refractivity contribution in [2.24, 2.45) is 0 Å². The van der Waals surface area contributed by atoms with Gasteiger partial charge >= 0.3 is 0 Å². The van der Waals surface area contributed by atoms with Crippen LogP contribution >= 0.6 is 27.5 Å². The first-order chi connectivity index (χ1) is 10.8. The predicted molar refractivity (Wildman–Crippen MR) is 94.8 cm³/mol. The lowest BCUT2D eigenvalue weighted by atomic mass is 10.3. The minimum Gasteiger partial charge on any atom is -0.494 e. The van der Waals surface area contributed by atoms with Gasteiger partial charge in [0.2, 0.25) is 10.0 Å². The third kappa shape index (κ3) is 5.04. The first-order valence-corrected chi connectivity index (χ1v) is 9.92. The minimum atomic E-state index is -3.69. The van der Waals surface area contributed by atoms with Crippen molar-refractivity contribution >= 4 is 37.6 Å². The fraction of sp³-hybridized carbons (Fsp3) is 0.571. The van der Waals surface area contributed by atoms with Gasteiger partial charge in [0.05, 0.1) is 11.6 Å². The molecule has 1 N–H and O–H groups in total. The van der Waals surface area contributed by atoms with Crippen LogP contribution in [-0.2, 0) is 10.0 Å². The summed E-state index contributed by atoms with van der Waals surface area (Å²) in [6, 6.07) is 2.99. The highest BCUT2D eigenvalue weighted by molar-refractivity contribution is 9.10. The van der Waals surface area contributed by atoms with Gasteiger partial charge in [-0.25, -0.2) is 13.1 Å². The molecule has 9 heteroatoms. The summed E-state index contributed by atoms with van der Waals surface area (Å²) in [4.78, 5) is 4.54. The molecule has 23 heavy (non-hydrogen) atoms. The van der Waals surface area contributed by atoms with E-state index in [4.69, 9.17) is 16.3 Å². The van der Waals surface area contributed by atoms with Gasteiger partial charge in [0.1, 0.15) is 4.90 Å². The van der Waals surface area contributed by atoms with E-state index >= 15 is 0 Å². The van der Waals surface area contributed by atoms with Gasteiger partial charge in [-0.2, -0.15) is 0 Å². The Hall–Kier alpha value is -0.380. The number of likely N-dealkylation sites (N-methyl/N-ethyl adjacent to an activating group) is 1. The highest BCUT2D eigenvalue weighted by atomic mass is 79.9. The van der Waals surface area contributed by atoms with Crippen LogP contribution in [0.25, 0.3) is 0 Å². The summed E-state index contributed by atoms with van der Waals surface area (Å²) in [6.45, 7) is 4.93. The van der Waals surface area contributed by atoms with Crippen LogP contribution < -0.4 is 9.46 Å². The number of benzene rings is 1. The molecule has 0 spiro atoms. The van der Waals surface area contributed by atoms with Crippen molar-refractivity contribution < 1.29 is 13.2 Å².